The highest BCUT2D eigenvalue weighted by Crippen LogP contribution is 2.47. The van der Waals surface area contributed by atoms with Crippen molar-refractivity contribution in [1.82, 2.24) is 5.32 Å². The van der Waals surface area contributed by atoms with E-state index in [1.807, 2.05) is 24.3 Å². The number of quaternary nitrogens is 1. The second kappa shape index (κ2) is 8.68. The number of carboxylic acids is 1. The molecular formula is C25H28N3O4+. The Bertz CT molecular complexity index is 1060. The lowest BCUT2D eigenvalue weighted by molar-refractivity contribution is -0.771. The molecule has 1 atom stereocenters. The number of amides is 1. The number of unbranched alkanes of at least 4 members (excludes halogenated alkanes) is 3. The summed E-state index contributed by atoms with van der Waals surface area (Å²) in [5.74, 6) is -1.30. The van der Waals surface area contributed by atoms with Gasteiger partial charge in [-0.3, -0.25) is 4.79 Å². The molecule has 1 aliphatic heterocycles. The van der Waals surface area contributed by atoms with Crippen molar-refractivity contribution in [2.24, 2.45) is 4.99 Å². The van der Waals surface area contributed by atoms with Gasteiger partial charge in [-0.2, -0.15) is 4.99 Å². The number of hydrogen-bond acceptors (Lipinski definition) is 4. The number of carbonyl (C=O) groups excluding carboxylic acids is 1. The molecule has 1 unspecified atom stereocenters. The van der Waals surface area contributed by atoms with Gasteiger partial charge in [-0.15, -0.1) is 0 Å². The third kappa shape index (κ3) is 3.85. The number of hydrogen-bond donors (Lipinski definition) is 3. The van der Waals surface area contributed by atoms with Gasteiger partial charge < -0.3 is 15.5 Å². The Hall–Kier alpha value is -3.29. The van der Waals surface area contributed by atoms with Gasteiger partial charge in [0.2, 0.25) is 0 Å². The molecule has 1 heterocycles. The number of aliphatic carboxylic acids is 1. The Kier molecular flexibility index (Phi) is 5.95. The van der Waals surface area contributed by atoms with Crippen molar-refractivity contribution in [2.45, 2.75) is 38.2 Å². The standard InChI is InChI=1S/C25H27N3O4/c1-2-3-4-9-14-28(16-23(29)30)15-22(26-17-28)27-24(31)25(32)20-12-7-5-10-18(20)19-11-6-8-13-21(19)25/h5-8,10-13,15,17,32H,2-4,9,14,16H2,1H3,(H-,27,29,30,31)/p+1. The van der Waals surface area contributed by atoms with E-state index in [2.05, 4.69) is 17.2 Å². The lowest BCUT2D eigenvalue weighted by Gasteiger charge is -2.26. The Morgan fingerprint density at radius 2 is 1.62 bits per heavy atom. The molecule has 0 bridgehead atoms. The van der Waals surface area contributed by atoms with Gasteiger partial charge >= 0.3 is 5.97 Å². The van der Waals surface area contributed by atoms with Crippen LogP contribution in [0.3, 0.4) is 0 Å². The first-order valence-corrected chi connectivity index (χ1v) is 11.0. The maximum absolute atomic E-state index is 13.4. The van der Waals surface area contributed by atoms with Crippen LogP contribution in [0.4, 0.5) is 0 Å². The van der Waals surface area contributed by atoms with Crippen LogP contribution in [0.2, 0.25) is 0 Å². The Labute approximate surface area is 187 Å². The Balaban J connectivity index is 1.60. The molecule has 0 saturated heterocycles. The van der Waals surface area contributed by atoms with Crippen molar-refractivity contribution >= 4 is 18.2 Å². The van der Waals surface area contributed by atoms with Gasteiger partial charge in [0.25, 0.3) is 5.91 Å². The van der Waals surface area contributed by atoms with Gasteiger partial charge in [-0.25, -0.2) is 9.28 Å². The van der Waals surface area contributed by atoms with Crippen LogP contribution in [0, 0.1) is 0 Å². The van der Waals surface area contributed by atoms with Gasteiger partial charge in [0.1, 0.15) is 6.20 Å². The molecule has 32 heavy (non-hydrogen) atoms. The number of rotatable bonds is 9. The summed E-state index contributed by atoms with van der Waals surface area (Å²) in [5, 5.41) is 23.8. The molecule has 0 spiro atoms. The lowest BCUT2D eigenvalue weighted by atomic mass is 9.90. The zero-order valence-corrected chi connectivity index (χ0v) is 18.1. The zero-order chi connectivity index (χ0) is 22.8. The molecule has 1 amide bonds. The number of nitrogens with one attached hydrogen (secondary N) is 1. The summed E-state index contributed by atoms with van der Waals surface area (Å²) in [6.45, 7) is 2.56. The first-order chi connectivity index (χ1) is 15.4. The van der Waals surface area contributed by atoms with E-state index >= 15 is 0 Å². The molecule has 7 heteroatoms. The van der Waals surface area contributed by atoms with Crippen LogP contribution in [0.1, 0.15) is 43.7 Å². The van der Waals surface area contributed by atoms with E-state index in [0.29, 0.717) is 17.7 Å². The van der Waals surface area contributed by atoms with Crippen molar-refractivity contribution in [2.75, 3.05) is 13.1 Å². The van der Waals surface area contributed by atoms with E-state index in [0.717, 1.165) is 36.8 Å². The number of aliphatic hydroxyl groups is 1. The first-order valence-electron chi connectivity index (χ1n) is 11.0. The smallest absolute Gasteiger partial charge is 0.360 e. The Morgan fingerprint density at radius 1 is 1.00 bits per heavy atom. The number of carbonyl (C=O) groups is 2. The second-order valence-electron chi connectivity index (χ2n) is 8.45. The molecule has 2 aromatic carbocycles. The van der Waals surface area contributed by atoms with Crippen LogP contribution in [-0.4, -0.2) is 46.0 Å². The quantitative estimate of drug-likeness (QED) is 0.416. The van der Waals surface area contributed by atoms with Gasteiger partial charge in [-0.1, -0.05) is 68.3 Å². The van der Waals surface area contributed by atoms with Gasteiger partial charge in [-0.05, 0) is 24.0 Å². The largest absolute Gasteiger partial charge is 0.477 e. The minimum absolute atomic E-state index is 0.0419. The zero-order valence-electron chi connectivity index (χ0n) is 18.1. The van der Waals surface area contributed by atoms with Gasteiger partial charge in [0, 0.05) is 11.1 Å². The Morgan fingerprint density at radius 3 is 2.22 bits per heavy atom. The fraction of sp³-hybridized carbons (Fsp3) is 0.320. The van der Waals surface area contributed by atoms with Crippen LogP contribution in [0.15, 0.2) is 65.5 Å². The number of benzene rings is 2. The first kappa shape index (κ1) is 21.9. The summed E-state index contributed by atoms with van der Waals surface area (Å²) in [4.78, 5) is 29.2. The highest BCUT2D eigenvalue weighted by molar-refractivity contribution is 5.99. The summed E-state index contributed by atoms with van der Waals surface area (Å²) < 4.78 is 0.0419. The predicted molar refractivity (Wildman–Crippen MR) is 121 cm³/mol. The molecule has 1 aliphatic carbocycles. The van der Waals surface area contributed by atoms with Crippen molar-refractivity contribution in [3.8, 4) is 11.1 Å². The van der Waals surface area contributed by atoms with Crippen molar-refractivity contribution in [3.05, 3.63) is 71.7 Å². The number of carboxylic acid groups (broad SMARTS) is 1. The molecule has 166 valence electrons. The highest BCUT2D eigenvalue weighted by Gasteiger charge is 2.48. The fourth-order valence-electron chi connectivity index (χ4n) is 4.59. The summed E-state index contributed by atoms with van der Waals surface area (Å²) in [7, 11) is 0. The average Bonchev–Trinajstić information content (AvgIpc) is 3.29. The molecule has 3 N–H and O–H groups in total. The molecule has 2 aromatic rings. The van der Waals surface area contributed by atoms with E-state index in [-0.39, 0.29) is 16.8 Å². The molecule has 0 fully saturated rings. The molecule has 0 aromatic heterocycles. The average molecular weight is 435 g/mol. The van der Waals surface area contributed by atoms with Crippen LogP contribution in [0.25, 0.3) is 11.1 Å². The number of fused-ring (bicyclic) bond motifs is 3. The van der Waals surface area contributed by atoms with Crippen molar-refractivity contribution < 1.29 is 24.3 Å². The van der Waals surface area contributed by atoms with E-state index < -0.39 is 17.5 Å². The molecule has 2 aliphatic rings. The lowest BCUT2D eigenvalue weighted by Crippen LogP contribution is -2.46. The van der Waals surface area contributed by atoms with E-state index in [4.69, 9.17) is 0 Å². The summed E-state index contributed by atoms with van der Waals surface area (Å²) in [6, 6.07) is 14.6. The highest BCUT2D eigenvalue weighted by atomic mass is 16.4. The predicted octanol–water partition coefficient (Wildman–Crippen LogP) is 3.34. The van der Waals surface area contributed by atoms with Gasteiger partial charge in [0.05, 0.1) is 6.54 Å². The number of nitrogens with zero attached hydrogens (tertiary/aromatic N) is 2. The molecular weight excluding hydrogens is 406 g/mol. The van der Waals surface area contributed by atoms with E-state index in [1.54, 1.807) is 36.8 Å². The maximum atomic E-state index is 13.4. The van der Waals surface area contributed by atoms with Crippen LogP contribution < -0.4 is 5.32 Å². The van der Waals surface area contributed by atoms with Crippen molar-refractivity contribution in [3.63, 3.8) is 0 Å². The topological polar surface area (TPSA) is 99.0 Å². The maximum Gasteiger partial charge on any atom is 0.360 e. The summed E-state index contributed by atoms with van der Waals surface area (Å²) in [6.07, 6.45) is 7.27. The third-order valence-electron chi connectivity index (χ3n) is 6.16. The molecule has 0 saturated carbocycles. The minimum Gasteiger partial charge on any atom is -0.477 e. The van der Waals surface area contributed by atoms with Crippen LogP contribution in [0.5, 0.6) is 0 Å². The SMILES string of the molecule is CCCCCC[N+]1(CC(=O)O)C=NC(NC(=O)C2(O)c3ccccc3-c3ccccc32)=C1. The summed E-state index contributed by atoms with van der Waals surface area (Å²) in [5.41, 5.74) is 0.822. The van der Waals surface area contributed by atoms with Crippen molar-refractivity contribution in [1.29, 1.82) is 0 Å². The summed E-state index contributed by atoms with van der Waals surface area (Å²) >= 11 is 0. The van der Waals surface area contributed by atoms with Crippen LogP contribution in [-0.2, 0) is 15.2 Å². The van der Waals surface area contributed by atoms with Gasteiger partial charge in [0.15, 0.2) is 24.3 Å². The molecule has 7 nitrogen and oxygen atoms in total. The third-order valence-corrected chi connectivity index (χ3v) is 6.16. The molecule has 4 rings (SSSR count). The monoisotopic (exact) mass is 434 g/mol. The minimum atomic E-state index is -1.85. The van der Waals surface area contributed by atoms with E-state index in [1.165, 1.54) is 0 Å². The normalized spacial score (nSPS) is 19.9. The van der Waals surface area contributed by atoms with E-state index in [9.17, 15) is 19.8 Å². The molecule has 0 radical (unpaired) electrons. The number of aliphatic imine (C=N–C) groups is 1. The van der Waals surface area contributed by atoms with Crippen LogP contribution >= 0.6 is 0 Å². The fourth-order valence-corrected chi connectivity index (χ4v) is 4.59. The second-order valence-corrected chi connectivity index (χ2v) is 8.45.